The van der Waals surface area contributed by atoms with Crippen molar-refractivity contribution >= 4 is 38.2 Å². The van der Waals surface area contributed by atoms with Crippen LogP contribution in [0.15, 0.2) is 28.9 Å². The molecule has 5 heteroatoms. The summed E-state index contributed by atoms with van der Waals surface area (Å²) in [5.41, 5.74) is 9.02. The molecule has 0 saturated carbocycles. The molecule has 1 aliphatic heterocycles. The number of benzene rings is 1. The molecule has 1 aliphatic rings. The molecular weight excluding hydrogens is 304 g/mol. The Bertz CT molecular complexity index is 606. The van der Waals surface area contributed by atoms with Crippen molar-refractivity contribution in [3.63, 3.8) is 0 Å². The summed E-state index contributed by atoms with van der Waals surface area (Å²) < 4.78 is 0.960. The zero-order valence-electron chi connectivity index (χ0n) is 10.9. The van der Waals surface area contributed by atoms with E-state index in [-0.39, 0.29) is 0 Å². The van der Waals surface area contributed by atoms with Gasteiger partial charge >= 0.3 is 0 Å². The zero-order chi connectivity index (χ0) is 13.4. The second-order valence-corrected chi connectivity index (χ2v) is 5.93. The van der Waals surface area contributed by atoms with Gasteiger partial charge in [0.05, 0.1) is 11.2 Å². The Kier molecular flexibility index (Phi) is 3.33. The van der Waals surface area contributed by atoms with Gasteiger partial charge in [-0.15, -0.1) is 0 Å². The topological polar surface area (TPSA) is 45.4 Å². The third-order valence-electron chi connectivity index (χ3n) is 3.67. The van der Waals surface area contributed by atoms with E-state index in [1.807, 2.05) is 18.3 Å². The molecule has 100 valence electrons. The molecule has 0 aliphatic carbocycles. The Balaban J connectivity index is 2.07. The average Bonchev–Trinajstić information content (AvgIpc) is 2.41. The van der Waals surface area contributed by atoms with E-state index < -0.39 is 0 Å². The molecule has 0 spiro atoms. The lowest BCUT2D eigenvalue weighted by Crippen LogP contribution is -2.44. The first-order valence-electron chi connectivity index (χ1n) is 6.42. The molecule has 2 heterocycles. The molecule has 0 amide bonds. The summed E-state index contributed by atoms with van der Waals surface area (Å²) in [5.74, 6) is 0. The largest absolute Gasteiger partial charge is 0.398 e. The number of nitrogen functional groups attached to an aromatic ring is 1. The van der Waals surface area contributed by atoms with E-state index in [4.69, 9.17) is 5.73 Å². The Hall–Kier alpha value is -1.33. The van der Waals surface area contributed by atoms with Gasteiger partial charge in [0.2, 0.25) is 0 Å². The Labute approximate surface area is 121 Å². The molecule has 1 aromatic heterocycles. The maximum atomic E-state index is 6.06. The second-order valence-electron chi connectivity index (χ2n) is 5.01. The van der Waals surface area contributed by atoms with Crippen LogP contribution in [0.3, 0.4) is 0 Å². The van der Waals surface area contributed by atoms with Crippen molar-refractivity contribution in [2.75, 3.05) is 43.9 Å². The molecule has 1 saturated heterocycles. The zero-order valence-corrected chi connectivity index (χ0v) is 12.5. The number of nitrogens with zero attached hydrogens (tertiary/aromatic N) is 3. The number of halogens is 1. The first-order valence-corrected chi connectivity index (χ1v) is 7.21. The highest BCUT2D eigenvalue weighted by Gasteiger charge is 2.17. The van der Waals surface area contributed by atoms with Crippen molar-refractivity contribution in [3.8, 4) is 0 Å². The number of piperazine rings is 1. The summed E-state index contributed by atoms with van der Waals surface area (Å²) in [5, 5.41) is 1.02. The van der Waals surface area contributed by atoms with E-state index in [0.29, 0.717) is 0 Å². The van der Waals surface area contributed by atoms with Crippen molar-refractivity contribution in [2.45, 2.75) is 0 Å². The normalized spacial score (nSPS) is 17.1. The maximum absolute atomic E-state index is 6.06. The van der Waals surface area contributed by atoms with Crippen molar-refractivity contribution in [2.24, 2.45) is 0 Å². The number of hydrogen-bond acceptors (Lipinski definition) is 4. The van der Waals surface area contributed by atoms with Crippen LogP contribution in [0.4, 0.5) is 11.4 Å². The fourth-order valence-electron chi connectivity index (χ4n) is 2.50. The van der Waals surface area contributed by atoms with Gasteiger partial charge in [-0.1, -0.05) is 0 Å². The van der Waals surface area contributed by atoms with E-state index >= 15 is 0 Å². The van der Waals surface area contributed by atoms with Gasteiger partial charge in [-0.05, 0) is 41.2 Å². The van der Waals surface area contributed by atoms with Crippen molar-refractivity contribution in [1.29, 1.82) is 0 Å². The predicted molar refractivity (Wildman–Crippen MR) is 83.6 cm³/mol. The van der Waals surface area contributed by atoms with Gasteiger partial charge in [0.1, 0.15) is 0 Å². The first kappa shape index (κ1) is 12.7. The number of likely N-dealkylation sites (N-methyl/N-ethyl adjacent to an activating group) is 1. The van der Waals surface area contributed by atoms with Gasteiger partial charge in [0.15, 0.2) is 0 Å². The molecule has 2 N–H and O–H groups in total. The minimum absolute atomic E-state index is 0.779. The third-order valence-corrected chi connectivity index (χ3v) is 4.11. The fraction of sp³-hybridized carbons (Fsp3) is 0.357. The highest BCUT2D eigenvalue weighted by Crippen LogP contribution is 2.31. The van der Waals surface area contributed by atoms with Crippen LogP contribution >= 0.6 is 15.9 Å². The first-order chi connectivity index (χ1) is 9.15. The van der Waals surface area contributed by atoms with Gasteiger partial charge in [-0.25, -0.2) is 0 Å². The molecular formula is C14H17BrN4. The highest BCUT2D eigenvalue weighted by molar-refractivity contribution is 9.10. The predicted octanol–water partition coefficient (Wildman–Crippen LogP) is 2.33. The van der Waals surface area contributed by atoms with Crippen LogP contribution < -0.4 is 10.6 Å². The lowest BCUT2D eigenvalue weighted by atomic mass is 10.1. The van der Waals surface area contributed by atoms with Crippen molar-refractivity contribution < 1.29 is 0 Å². The van der Waals surface area contributed by atoms with Crippen LogP contribution in [0.5, 0.6) is 0 Å². The van der Waals surface area contributed by atoms with Gasteiger partial charge in [-0.3, -0.25) is 4.98 Å². The van der Waals surface area contributed by atoms with E-state index in [1.165, 1.54) is 5.69 Å². The van der Waals surface area contributed by atoms with Gasteiger partial charge in [0, 0.05) is 47.9 Å². The smallest absolute Gasteiger partial charge is 0.0956 e. The van der Waals surface area contributed by atoms with Crippen LogP contribution in [-0.2, 0) is 0 Å². The molecule has 1 aromatic carbocycles. The summed E-state index contributed by atoms with van der Waals surface area (Å²) in [6.45, 7) is 4.24. The number of pyridine rings is 1. The molecule has 3 rings (SSSR count). The standard InChI is InChI=1S/C14H17BrN4/c1-18-4-6-19(7-5-18)13-3-2-12(16)11-8-10(15)9-17-14(11)13/h2-3,8-9H,4-7,16H2,1H3. The number of anilines is 2. The Morgan fingerprint density at radius 3 is 2.68 bits per heavy atom. The fourth-order valence-corrected chi connectivity index (χ4v) is 2.83. The highest BCUT2D eigenvalue weighted by atomic mass is 79.9. The summed E-state index contributed by atoms with van der Waals surface area (Å²) in [7, 11) is 2.16. The summed E-state index contributed by atoms with van der Waals surface area (Å²) in [4.78, 5) is 9.29. The van der Waals surface area contributed by atoms with Crippen LogP contribution in [0.1, 0.15) is 0 Å². The third kappa shape index (κ3) is 2.40. The maximum Gasteiger partial charge on any atom is 0.0956 e. The number of rotatable bonds is 1. The second kappa shape index (κ2) is 4.98. The molecule has 2 aromatic rings. The quantitative estimate of drug-likeness (QED) is 0.819. The molecule has 0 bridgehead atoms. The van der Waals surface area contributed by atoms with E-state index in [9.17, 15) is 0 Å². The van der Waals surface area contributed by atoms with Crippen LogP contribution in [0.2, 0.25) is 0 Å². The van der Waals surface area contributed by atoms with Crippen LogP contribution in [0, 0.1) is 0 Å². The molecule has 0 atom stereocenters. The SMILES string of the molecule is CN1CCN(c2ccc(N)c3cc(Br)cnc23)CC1. The molecule has 1 fully saturated rings. The van der Waals surface area contributed by atoms with Crippen LogP contribution in [0.25, 0.3) is 10.9 Å². The van der Waals surface area contributed by atoms with Crippen molar-refractivity contribution in [3.05, 3.63) is 28.9 Å². The van der Waals surface area contributed by atoms with E-state index in [1.54, 1.807) is 0 Å². The monoisotopic (exact) mass is 320 g/mol. The van der Waals surface area contributed by atoms with E-state index in [0.717, 1.165) is 47.2 Å². The van der Waals surface area contributed by atoms with Gasteiger partial charge in [0.25, 0.3) is 0 Å². The summed E-state index contributed by atoms with van der Waals surface area (Å²) in [6.07, 6.45) is 1.83. The van der Waals surface area contributed by atoms with Crippen molar-refractivity contribution in [1.82, 2.24) is 9.88 Å². The summed E-state index contributed by atoms with van der Waals surface area (Å²) >= 11 is 3.46. The van der Waals surface area contributed by atoms with Crippen LogP contribution in [-0.4, -0.2) is 43.1 Å². The molecule has 0 unspecified atom stereocenters. The molecule has 4 nitrogen and oxygen atoms in total. The number of aromatic nitrogens is 1. The molecule has 19 heavy (non-hydrogen) atoms. The molecule has 0 radical (unpaired) electrons. The summed E-state index contributed by atoms with van der Waals surface area (Å²) in [6, 6.07) is 6.10. The minimum atomic E-state index is 0.779. The Morgan fingerprint density at radius 1 is 1.21 bits per heavy atom. The van der Waals surface area contributed by atoms with Gasteiger partial charge < -0.3 is 15.5 Å². The lowest BCUT2D eigenvalue weighted by Gasteiger charge is -2.34. The van der Waals surface area contributed by atoms with Gasteiger partial charge in [-0.2, -0.15) is 0 Å². The Morgan fingerprint density at radius 2 is 1.95 bits per heavy atom. The number of hydrogen-bond donors (Lipinski definition) is 1. The number of nitrogens with two attached hydrogens (primary N) is 1. The minimum Gasteiger partial charge on any atom is -0.398 e. The van der Waals surface area contributed by atoms with E-state index in [2.05, 4.69) is 43.8 Å². The number of fused-ring (bicyclic) bond motifs is 1. The lowest BCUT2D eigenvalue weighted by molar-refractivity contribution is 0.313. The average molecular weight is 321 g/mol.